The van der Waals surface area contributed by atoms with Crippen molar-refractivity contribution in [1.29, 1.82) is 0 Å². The van der Waals surface area contributed by atoms with Crippen LogP contribution in [0.1, 0.15) is 12.8 Å². The fourth-order valence-corrected chi connectivity index (χ4v) is 3.96. The molecule has 1 aromatic carbocycles. The number of nitrogens with zero attached hydrogens (tertiary/aromatic N) is 4. The number of rotatable bonds is 5. The smallest absolute Gasteiger partial charge is 0.270 e. The summed E-state index contributed by atoms with van der Waals surface area (Å²) in [5.41, 5.74) is 1.12. The lowest BCUT2D eigenvalue weighted by Gasteiger charge is -2.34. The number of nitrogens with one attached hydrogen (secondary N) is 3. The molecule has 1 unspecified atom stereocenters. The maximum atomic E-state index is 12.5. The summed E-state index contributed by atoms with van der Waals surface area (Å²) in [5, 5.41) is 24.3. The normalized spacial score (nSPS) is 17.9. The van der Waals surface area contributed by atoms with Crippen molar-refractivity contribution in [2.45, 2.75) is 25.1 Å². The molecule has 1 saturated heterocycles. The van der Waals surface area contributed by atoms with Crippen LogP contribution in [0.5, 0.6) is 0 Å². The van der Waals surface area contributed by atoms with Gasteiger partial charge in [0.1, 0.15) is 12.1 Å². The van der Waals surface area contributed by atoms with Crippen LogP contribution in [0, 0.1) is 0 Å². The highest BCUT2D eigenvalue weighted by Gasteiger charge is 2.26. The van der Waals surface area contributed by atoms with Crippen molar-refractivity contribution < 1.29 is 9.90 Å². The zero-order chi connectivity index (χ0) is 20.4. The van der Waals surface area contributed by atoms with E-state index in [1.54, 1.807) is 24.4 Å². The third kappa shape index (κ3) is 4.52. The van der Waals surface area contributed by atoms with Crippen LogP contribution in [0.25, 0.3) is 11.0 Å². The number of aliphatic hydroxyl groups excluding tert-OH is 1. The van der Waals surface area contributed by atoms with Crippen LogP contribution in [-0.4, -0.2) is 56.5 Å². The summed E-state index contributed by atoms with van der Waals surface area (Å²) in [6, 6.07) is 4.60. The number of carbonyl (C=O) groups is 1. The lowest BCUT2D eigenvalue weighted by molar-refractivity contribution is -0.128. The topological polar surface area (TPSA) is 119 Å². The molecule has 2 aromatic heterocycles. The van der Waals surface area contributed by atoms with Gasteiger partial charge in [0.2, 0.25) is 6.23 Å². The molecule has 0 radical (unpaired) electrons. The third-order valence-electron chi connectivity index (χ3n) is 4.71. The molecule has 9 nitrogen and oxygen atoms in total. The maximum Gasteiger partial charge on any atom is 0.270 e. The Kier molecular flexibility index (Phi) is 5.70. The molecular weight excluding hydrogens is 417 g/mol. The van der Waals surface area contributed by atoms with Crippen molar-refractivity contribution in [3.05, 3.63) is 40.8 Å². The van der Waals surface area contributed by atoms with Crippen molar-refractivity contribution in [3.8, 4) is 0 Å². The molecule has 0 spiro atoms. The van der Waals surface area contributed by atoms with Gasteiger partial charge >= 0.3 is 0 Å². The molecule has 4 N–H and O–H groups in total. The first-order valence-corrected chi connectivity index (χ1v) is 9.85. The Bertz CT molecular complexity index is 1010. The Labute approximate surface area is 176 Å². The summed E-state index contributed by atoms with van der Waals surface area (Å²) in [6.45, 7) is 1.38. The Hall–Kier alpha value is -2.62. The summed E-state index contributed by atoms with van der Waals surface area (Å²) in [6.07, 6.45) is 3.43. The molecule has 152 valence electrons. The van der Waals surface area contributed by atoms with Gasteiger partial charge in [-0.2, -0.15) is 5.10 Å². The van der Waals surface area contributed by atoms with E-state index in [1.165, 1.54) is 6.33 Å². The summed E-state index contributed by atoms with van der Waals surface area (Å²) in [4.78, 5) is 23.1. The van der Waals surface area contributed by atoms with Gasteiger partial charge in [0.15, 0.2) is 5.65 Å². The Balaban J connectivity index is 1.40. The fourth-order valence-electron chi connectivity index (χ4n) is 3.43. The number of anilines is 2. The van der Waals surface area contributed by atoms with Gasteiger partial charge in [-0.1, -0.05) is 23.2 Å². The predicted molar refractivity (Wildman–Crippen MR) is 111 cm³/mol. The standard InChI is InChI=1S/C18H19Cl2N7O2/c19-10-4-11(20)6-13(5-10)25-18(29)17(28)24-12-2-1-3-27(8-12)16-14-7-23-26-15(14)21-9-22-16/h4-7,9,12,18,25,29H,1-3,8H2,(H,24,28)(H,21,22,23,26)/t12-,18?/m1/s1. The van der Waals surface area contributed by atoms with Crippen LogP contribution in [0.2, 0.25) is 10.0 Å². The predicted octanol–water partition coefficient (Wildman–Crippen LogP) is 2.18. The third-order valence-corrected chi connectivity index (χ3v) is 5.15. The van der Waals surface area contributed by atoms with E-state index in [0.717, 1.165) is 30.6 Å². The lowest BCUT2D eigenvalue weighted by Crippen LogP contribution is -2.51. The first kappa shape index (κ1) is 19.7. The molecule has 1 aliphatic heterocycles. The number of H-pyrrole nitrogens is 1. The van der Waals surface area contributed by atoms with Crippen molar-refractivity contribution in [2.24, 2.45) is 0 Å². The van der Waals surface area contributed by atoms with Gasteiger partial charge in [0.05, 0.1) is 11.6 Å². The largest absolute Gasteiger partial charge is 0.366 e. The summed E-state index contributed by atoms with van der Waals surface area (Å²) >= 11 is 11.9. The van der Waals surface area contributed by atoms with E-state index in [-0.39, 0.29) is 6.04 Å². The number of hydrogen-bond acceptors (Lipinski definition) is 7. The Morgan fingerprint density at radius 3 is 2.86 bits per heavy atom. The number of carbonyl (C=O) groups excluding carboxylic acids is 1. The van der Waals surface area contributed by atoms with Crippen LogP contribution in [0.4, 0.5) is 11.5 Å². The minimum atomic E-state index is -1.43. The van der Waals surface area contributed by atoms with Crippen LogP contribution >= 0.6 is 23.2 Å². The van der Waals surface area contributed by atoms with Crippen LogP contribution in [0.3, 0.4) is 0 Å². The summed E-state index contributed by atoms with van der Waals surface area (Å²) < 4.78 is 0. The van der Waals surface area contributed by atoms with Gasteiger partial charge in [0, 0.05) is 34.9 Å². The molecule has 1 aliphatic rings. The second kappa shape index (κ2) is 8.40. The average molecular weight is 436 g/mol. The number of aromatic amines is 1. The highest BCUT2D eigenvalue weighted by molar-refractivity contribution is 6.35. The number of halogens is 2. The number of aromatic nitrogens is 4. The highest BCUT2D eigenvalue weighted by Crippen LogP contribution is 2.25. The van der Waals surface area contributed by atoms with E-state index >= 15 is 0 Å². The monoisotopic (exact) mass is 435 g/mol. The minimum absolute atomic E-state index is 0.132. The number of piperidine rings is 1. The SMILES string of the molecule is O=C(N[C@@H]1CCCN(c2ncnc3[nH]ncc23)C1)C(O)Nc1cc(Cl)cc(Cl)c1. The maximum absolute atomic E-state index is 12.5. The Morgan fingerprint density at radius 1 is 1.28 bits per heavy atom. The first-order valence-electron chi connectivity index (χ1n) is 9.10. The van der Waals surface area contributed by atoms with E-state index in [2.05, 4.69) is 35.7 Å². The van der Waals surface area contributed by atoms with Crippen molar-refractivity contribution in [2.75, 3.05) is 23.3 Å². The highest BCUT2D eigenvalue weighted by atomic mass is 35.5. The van der Waals surface area contributed by atoms with Gasteiger partial charge in [-0.05, 0) is 31.0 Å². The number of benzene rings is 1. The minimum Gasteiger partial charge on any atom is -0.366 e. The Morgan fingerprint density at radius 2 is 2.07 bits per heavy atom. The molecule has 0 aliphatic carbocycles. The molecule has 1 amide bonds. The number of hydrogen-bond donors (Lipinski definition) is 4. The van der Waals surface area contributed by atoms with Crippen LogP contribution in [-0.2, 0) is 4.79 Å². The van der Waals surface area contributed by atoms with E-state index in [9.17, 15) is 9.90 Å². The molecule has 2 atom stereocenters. The zero-order valence-electron chi connectivity index (χ0n) is 15.3. The summed E-state index contributed by atoms with van der Waals surface area (Å²) in [7, 11) is 0. The quantitative estimate of drug-likeness (QED) is 0.453. The van der Waals surface area contributed by atoms with E-state index in [1.807, 2.05) is 0 Å². The first-order chi connectivity index (χ1) is 14.0. The molecule has 3 heterocycles. The summed E-state index contributed by atoms with van der Waals surface area (Å²) in [5.74, 6) is 0.249. The fraction of sp³-hybridized carbons (Fsp3) is 0.333. The molecular formula is C18H19Cl2N7O2. The van der Waals surface area contributed by atoms with Gasteiger partial charge in [0.25, 0.3) is 5.91 Å². The number of aliphatic hydroxyl groups is 1. The zero-order valence-corrected chi connectivity index (χ0v) is 16.8. The second-order valence-electron chi connectivity index (χ2n) is 6.83. The van der Waals surface area contributed by atoms with Crippen molar-refractivity contribution in [3.63, 3.8) is 0 Å². The average Bonchev–Trinajstić information content (AvgIpc) is 3.16. The second-order valence-corrected chi connectivity index (χ2v) is 7.70. The van der Waals surface area contributed by atoms with Gasteiger partial charge in [-0.25, -0.2) is 9.97 Å². The lowest BCUT2D eigenvalue weighted by atomic mass is 10.1. The van der Waals surface area contributed by atoms with E-state index < -0.39 is 12.1 Å². The van der Waals surface area contributed by atoms with Crippen molar-refractivity contribution in [1.82, 2.24) is 25.5 Å². The van der Waals surface area contributed by atoms with Gasteiger partial charge < -0.3 is 20.6 Å². The molecule has 1 fully saturated rings. The molecule has 0 saturated carbocycles. The van der Waals surface area contributed by atoms with Crippen LogP contribution in [0.15, 0.2) is 30.7 Å². The molecule has 0 bridgehead atoms. The molecule has 11 heteroatoms. The van der Waals surface area contributed by atoms with Crippen LogP contribution < -0.4 is 15.5 Å². The van der Waals surface area contributed by atoms with Gasteiger partial charge in [-0.15, -0.1) is 0 Å². The van der Waals surface area contributed by atoms with E-state index in [0.29, 0.717) is 27.9 Å². The molecule has 4 rings (SSSR count). The van der Waals surface area contributed by atoms with Crippen molar-refractivity contribution >= 4 is 51.6 Å². The van der Waals surface area contributed by atoms with E-state index in [4.69, 9.17) is 23.2 Å². The number of amides is 1. The number of fused-ring (bicyclic) bond motifs is 1. The molecule has 29 heavy (non-hydrogen) atoms. The molecule has 3 aromatic rings. The van der Waals surface area contributed by atoms with Gasteiger partial charge in [-0.3, -0.25) is 9.89 Å².